The number of carbonyl (C=O) groups excluding carboxylic acids is 2. The monoisotopic (exact) mass is 396 g/mol. The highest BCUT2D eigenvalue weighted by atomic mass is 16.5. The van der Waals surface area contributed by atoms with Crippen LogP contribution in [0, 0.1) is 5.92 Å². The summed E-state index contributed by atoms with van der Waals surface area (Å²) in [6.45, 7) is 5.76. The molecule has 1 aliphatic carbocycles. The summed E-state index contributed by atoms with van der Waals surface area (Å²) in [5.41, 5.74) is 1.64. The molecule has 0 radical (unpaired) electrons. The lowest BCUT2D eigenvalue weighted by Gasteiger charge is -2.17. The molecule has 6 nitrogen and oxygen atoms in total. The van der Waals surface area contributed by atoms with Crippen LogP contribution in [0.2, 0.25) is 0 Å². The van der Waals surface area contributed by atoms with Crippen molar-refractivity contribution in [2.75, 3.05) is 11.9 Å². The highest BCUT2D eigenvalue weighted by Gasteiger charge is 2.29. The van der Waals surface area contributed by atoms with Gasteiger partial charge in [0.05, 0.1) is 12.1 Å². The highest BCUT2D eigenvalue weighted by Crippen LogP contribution is 2.30. The van der Waals surface area contributed by atoms with Gasteiger partial charge in [-0.2, -0.15) is 0 Å². The molecule has 2 aromatic rings. The van der Waals surface area contributed by atoms with Crippen LogP contribution in [-0.4, -0.2) is 24.5 Å². The summed E-state index contributed by atoms with van der Waals surface area (Å²) in [6, 6.07) is 14.6. The standard InChI is InChI=1S/C23H28N2O4/c1-15(2)29-21-9-4-6-18(12-21)16(3)24-22(26)14-28-20-8-5-7-19(13-20)25-23(27)17-10-11-17/h4-9,12-13,15-17H,10-11,14H2,1-3H3,(H,24,26)(H,25,27). The summed E-state index contributed by atoms with van der Waals surface area (Å²) in [5.74, 6) is 1.27. The van der Waals surface area contributed by atoms with E-state index < -0.39 is 0 Å². The quantitative estimate of drug-likeness (QED) is 0.670. The summed E-state index contributed by atoms with van der Waals surface area (Å²) in [4.78, 5) is 24.2. The van der Waals surface area contributed by atoms with Crippen LogP contribution in [-0.2, 0) is 9.59 Å². The average Bonchev–Trinajstić information content (AvgIpc) is 3.52. The van der Waals surface area contributed by atoms with E-state index in [1.165, 1.54) is 0 Å². The first-order valence-corrected chi connectivity index (χ1v) is 10.0. The van der Waals surface area contributed by atoms with Gasteiger partial charge >= 0.3 is 0 Å². The van der Waals surface area contributed by atoms with Crippen LogP contribution in [0.25, 0.3) is 0 Å². The predicted molar refractivity (Wildman–Crippen MR) is 112 cm³/mol. The fourth-order valence-corrected chi connectivity index (χ4v) is 2.90. The number of anilines is 1. The maximum absolute atomic E-state index is 12.3. The Kier molecular flexibility index (Phi) is 6.75. The molecule has 154 valence electrons. The lowest BCUT2D eigenvalue weighted by molar-refractivity contribution is -0.123. The van der Waals surface area contributed by atoms with Gasteiger partial charge in [0.25, 0.3) is 5.91 Å². The van der Waals surface area contributed by atoms with E-state index in [0.717, 1.165) is 24.2 Å². The van der Waals surface area contributed by atoms with Gasteiger partial charge in [0.2, 0.25) is 5.91 Å². The fraction of sp³-hybridized carbons (Fsp3) is 0.391. The van der Waals surface area contributed by atoms with E-state index in [2.05, 4.69) is 10.6 Å². The Morgan fingerprint density at radius 2 is 1.76 bits per heavy atom. The van der Waals surface area contributed by atoms with Crippen LogP contribution in [0.3, 0.4) is 0 Å². The Bertz CT molecular complexity index is 861. The molecule has 0 bridgehead atoms. The number of amides is 2. The van der Waals surface area contributed by atoms with Crippen LogP contribution in [0.1, 0.15) is 45.2 Å². The second-order valence-corrected chi connectivity index (χ2v) is 7.61. The summed E-state index contributed by atoms with van der Waals surface area (Å²) < 4.78 is 11.3. The first kappa shape index (κ1) is 20.7. The number of nitrogens with one attached hydrogen (secondary N) is 2. The maximum Gasteiger partial charge on any atom is 0.258 e. The van der Waals surface area contributed by atoms with Crippen molar-refractivity contribution in [2.24, 2.45) is 5.92 Å². The zero-order chi connectivity index (χ0) is 20.8. The second-order valence-electron chi connectivity index (χ2n) is 7.61. The molecule has 2 aromatic carbocycles. The molecule has 3 rings (SSSR count). The largest absolute Gasteiger partial charge is 0.491 e. The number of benzene rings is 2. The molecule has 0 aromatic heterocycles. The Morgan fingerprint density at radius 1 is 1.03 bits per heavy atom. The topological polar surface area (TPSA) is 76.7 Å². The van der Waals surface area contributed by atoms with Gasteiger partial charge < -0.3 is 20.1 Å². The molecule has 29 heavy (non-hydrogen) atoms. The SMILES string of the molecule is CC(C)Oc1cccc(C(C)NC(=O)COc2cccc(NC(=O)C3CC3)c2)c1. The van der Waals surface area contributed by atoms with Crippen molar-refractivity contribution in [2.45, 2.75) is 45.8 Å². The molecule has 1 aliphatic rings. The third kappa shape index (κ3) is 6.52. The van der Waals surface area contributed by atoms with Crippen LogP contribution < -0.4 is 20.1 Å². The van der Waals surface area contributed by atoms with Gasteiger partial charge in [0, 0.05) is 17.7 Å². The van der Waals surface area contributed by atoms with Gasteiger partial charge in [-0.1, -0.05) is 18.2 Å². The number of ether oxygens (including phenoxy) is 2. The van der Waals surface area contributed by atoms with Crippen molar-refractivity contribution >= 4 is 17.5 Å². The minimum Gasteiger partial charge on any atom is -0.491 e. The van der Waals surface area contributed by atoms with E-state index in [-0.39, 0.29) is 36.5 Å². The molecule has 1 unspecified atom stereocenters. The van der Waals surface area contributed by atoms with E-state index in [1.807, 2.05) is 51.1 Å². The van der Waals surface area contributed by atoms with E-state index in [9.17, 15) is 9.59 Å². The first-order valence-electron chi connectivity index (χ1n) is 10.0. The average molecular weight is 396 g/mol. The first-order chi connectivity index (χ1) is 13.9. The minimum absolute atomic E-state index is 0.0393. The summed E-state index contributed by atoms with van der Waals surface area (Å²) in [5, 5.41) is 5.80. The smallest absolute Gasteiger partial charge is 0.258 e. The zero-order valence-electron chi connectivity index (χ0n) is 17.1. The highest BCUT2D eigenvalue weighted by molar-refractivity contribution is 5.94. The summed E-state index contributed by atoms with van der Waals surface area (Å²) >= 11 is 0. The molecular weight excluding hydrogens is 368 g/mol. The van der Waals surface area contributed by atoms with Gasteiger partial charge in [-0.25, -0.2) is 0 Å². The van der Waals surface area contributed by atoms with Crippen molar-refractivity contribution in [3.63, 3.8) is 0 Å². The van der Waals surface area contributed by atoms with Gasteiger partial charge in [0.1, 0.15) is 11.5 Å². The van der Waals surface area contributed by atoms with Crippen LogP contribution in [0.15, 0.2) is 48.5 Å². The van der Waals surface area contributed by atoms with Crippen LogP contribution >= 0.6 is 0 Å². The fourth-order valence-electron chi connectivity index (χ4n) is 2.90. The van der Waals surface area contributed by atoms with Crippen LogP contribution in [0.5, 0.6) is 11.5 Å². The molecule has 0 spiro atoms. The van der Waals surface area contributed by atoms with Crippen molar-refractivity contribution in [3.8, 4) is 11.5 Å². The Balaban J connectivity index is 1.50. The summed E-state index contributed by atoms with van der Waals surface area (Å²) in [6.07, 6.45) is 1.99. The molecule has 0 heterocycles. The van der Waals surface area contributed by atoms with Gasteiger partial charge in [-0.05, 0) is 63.4 Å². The predicted octanol–water partition coefficient (Wildman–Crippen LogP) is 4.08. The van der Waals surface area contributed by atoms with Crippen LogP contribution in [0.4, 0.5) is 5.69 Å². The minimum atomic E-state index is -0.222. The van der Waals surface area contributed by atoms with Crippen molar-refractivity contribution in [1.29, 1.82) is 0 Å². The van der Waals surface area contributed by atoms with Gasteiger partial charge in [0.15, 0.2) is 6.61 Å². The van der Waals surface area contributed by atoms with E-state index in [4.69, 9.17) is 9.47 Å². The number of carbonyl (C=O) groups is 2. The molecule has 0 saturated heterocycles. The molecule has 6 heteroatoms. The Hall–Kier alpha value is -3.02. The molecule has 1 saturated carbocycles. The molecular formula is C23H28N2O4. The Morgan fingerprint density at radius 3 is 2.48 bits per heavy atom. The van der Waals surface area contributed by atoms with Crippen molar-refractivity contribution in [1.82, 2.24) is 5.32 Å². The number of hydrogen-bond donors (Lipinski definition) is 2. The molecule has 1 fully saturated rings. The van der Waals surface area contributed by atoms with Gasteiger partial charge in [-0.15, -0.1) is 0 Å². The van der Waals surface area contributed by atoms with Crippen molar-refractivity contribution in [3.05, 3.63) is 54.1 Å². The van der Waals surface area contributed by atoms with Crippen molar-refractivity contribution < 1.29 is 19.1 Å². The zero-order valence-corrected chi connectivity index (χ0v) is 17.1. The second kappa shape index (κ2) is 9.45. The van der Waals surface area contributed by atoms with E-state index >= 15 is 0 Å². The Labute approximate surface area is 171 Å². The lowest BCUT2D eigenvalue weighted by Crippen LogP contribution is -2.31. The molecule has 1 atom stereocenters. The third-order valence-electron chi connectivity index (χ3n) is 4.53. The van der Waals surface area contributed by atoms with Gasteiger partial charge in [-0.3, -0.25) is 9.59 Å². The number of rotatable bonds is 9. The maximum atomic E-state index is 12.3. The molecule has 0 aliphatic heterocycles. The number of hydrogen-bond acceptors (Lipinski definition) is 4. The molecule has 2 amide bonds. The van der Waals surface area contributed by atoms with E-state index in [1.54, 1.807) is 18.2 Å². The van der Waals surface area contributed by atoms with E-state index in [0.29, 0.717) is 11.4 Å². The lowest BCUT2D eigenvalue weighted by atomic mass is 10.1. The summed E-state index contributed by atoms with van der Waals surface area (Å²) in [7, 11) is 0. The molecule has 2 N–H and O–H groups in total. The normalized spacial score (nSPS) is 14.2. The third-order valence-corrected chi connectivity index (χ3v) is 4.53.